The molecule has 2 rings (SSSR count). The zero-order valence-electron chi connectivity index (χ0n) is 16.4. The van der Waals surface area contributed by atoms with Crippen LogP contribution in [-0.4, -0.2) is 60.0 Å². The molecule has 3 amide bonds. The van der Waals surface area contributed by atoms with Gasteiger partial charge in [-0.05, 0) is 37.5 Å². The second kappa shape index (κ2) is 10.6. The number of halogens is 1. The average Bonchev–Trinajstić information content (AvgIpc) is 2.68. The van der Waals surface area contributed by atoms with E-state index in [9.17, 15) is 18.8 Å². The maximum atomic E-state index is 12.9. The van der Waals surface area contributed by atoms with Crippen LogP contribution in [0.2, 0.25) is 0 Å². The molecule has 1 N–H and O–H groups in total. The molecule has 0 spiro atoms. The number of piperidine rings is 1. The fraction of sp³-hybridized carbons (Fsp3) is 0.550. The van der Waals surface area contributed by atoms with Crippen molar-refractivity contribution in [2.24, 2.45) is 0 Å². The van der Waals surface area contributed by atoms with Gasteiger partial charge in [-0.2, -0.15) is 0 Å². The van der Waals surface area contributed by atoms with Crippen LogP contribution in [0.25, 0.3) is 0 Å². The van der Waals surface area contributed by atoms with E-state index < -0.39 is 0 Å². The van der Waals surface area contributed by atoms with E-state index in [4.69, 9.17) is 4.74 Å². The van der Waals surface area contributed by atoms with Crippen molar-refractivity contribution >= 4 is 17.9 Å². The number of hydrogen-bond donors (Lipinski definition) is 1. The van der Waals surface area contributed by atoms with Gasteiger partial charge >= 0.3 is 6.09 Å². The fourth-order valence-electron chi connectivity index (χ4n) is 3.29. The van der Waals surface area contributed by atoms with Gasteiger partial charge < -0.3 is 19.9 Å². The topological polar surface area (TPSA) is 79.0 Å². The van der Waals surface area contributed by atoms with Crippen LogP contribution in [0.5, 0.6) is 0 Å². The molecule has 0 radical (unpaired) electrons. The average molecular weight is 393 g/mol. The summed E-state index contributed by atoms with van der Waals surface area (Å²) in [4.78, 5) is 39.3. The number of carbonyl (C=O) groups is 3. The van der Waals surface area contributed by atoms with E-state index >= 15 is 0 Å². The van der Waals surface area contributed by atoms with E-state index in [0.717, 1.165) is 5.56 Å². The van der Waals surface area contributed by atoms with E-state index in [1.54, 1.807) is 28.9 Å². The Morgan fingerprint density at radius 3 is 2.43 bits per heavy atom. The number of rotatable bonds is 7. The predicted octanol–water partition coefficient (Wildman–Crippen LogP) is 2.30. The summed E-state index contributed by atoms with van der Waals surface area (Å²) < 4.78 is 17.9. The fourth-order valence-corrected chi connectivity index (χ4v) is 3.29. The molecule has 0 unspecified atom stereocenters. The first-order valence-corrected chi connectivity index (χ1v) is 9.60. The molecule has 1 aliphatic heterocycles. The number of hydrogen-bond acceptors (Lipinski definition) is 4. The van der Waals surface area contributed by atoms with Gasteiger partial charge in [0.1, 0.15) is 5.82 Å². The van der Waals surface area contributed by atoms with Gasteiger partial charge in [0.2, 0.25) is 11.8 Å². The minimum Gasteiger partial charge on any atom is -0.450 e. The zero-order chi connectivity index (χ0) is 20.5. The highest BCUT2D eigenvalue weighted by atomic mass is 19.1. The molecule has 8 heteroatoms. The Kier molecular flexibility index (Phi) is 8.22. The Labute approximate surface area is 164 Å². The Hall–Kier alpha value is -2.64. The molecule has 0 aliphatic carbocycles. The number of likely N-dealkylation sites (tertiary alicyclic amines) is 1. The van der Waals surface area contributed by atoms with Gasteiger partial charge in [0, 0.05) is 45.6 Å². The lowest BCUT2D eigenvalue weighted by molar-refractivity contribution is -0.132. The maximum Gasteiger partial charge on any atom is 0.409 e. The predicted molar refractivity (Wildman–Crippen MR) is 102 cm³/mol. The SMILES string of the molecule is CCOC(=O)N1CCC(N(CCC(=O)NCc2ccc(F)cc2)C(C)=O)CC1. The molecule has 1 saturated heterocycles. The summed E-state index contributed by atoms with van der Waals surface area (Å²) in [5.74, 6) is -0.568. The lowest BCUT2D eigenvalue weighted by Gasteiger charge is -2.37. The van der Waals surface area contributed by atoms with E-state index in [1.165, 1.54) is 19.1 Å². The van der Waals surface area contributed by atoms with E-state index in [1.807, 2.05) is 0 Å². The maximum absolute atomic E-state index is 12.9. The lowest BCUT2D eigenvalue weighted by atomic mass is 10.0. The molecule has 1 aromatic rings. The molecule has 154 valence electrons. The van der Waals surface area contributed by atoms with Gasteiger partial charge in [0.15, 0.2) is 0 Å². The standard InChI is InChI=1S/C20H28FN3O4/c1-3-28-20(27)23-11-8-18(9-12-23)24(15(2)25)13-10-19(26)22-14-16-4-6-17(21)7-5-16/h4-7,18H,3,8-14H2,1-2H3,(H,22,26). The summed E-state index contributed by atoms with van der Waals surface area (Å²) in [6, 6.07) is 5.94. The molecule has 0 bridgehead atoms. The van der Waals surface area contributed by atoms with Crippen molar-refractivity contribution in [3.8, 4) is 0 Å². The van der Waals surface area contributed by atoms with Crippen LogP contribution >= 0.6 is 0 Å². The molecule has 0 aromatic heterocycles. The van der Waals surface area contributed by atoms with Gasteiger partial charge in [0.25, 0.3) is 0 Å². The number of nitrogens with zero attached hydrogens (tertiary/aromatic N) is 2. The third kappa shape index (κ3) is 6.51. The third-order valence-electron chi connectivity index (χ3n) is 4.82. The van der Waals surface area contributed by atoms with E-state index in [0.29, 0.717) is 45.6 Å². The second-order valence-electron chi connectivity index (χ2n) is 6.78. The summed E-state index contributed by atoms with van der Waals surface area (Å²) in [6.07, 6.45) is 1.19. The summed E-state index contributed by atoms with van der Waals surface area (Å²) in [5, 5.41) is 2.78. The van der Waals surface area contributed by atoms with Crippen LogP contribution < -0.4 is 5.32 Å². The number of nitrogens with one attached hydrogen (secondary N) is 1. The van der Waals surface area contributed by atoms with E-state index in [-0.39, 0.29) is 36.2 Å². The van der Waals surface area contributed by atoms with Crippen LogP contribution in [0.3, 0.4) is 0 Å². The highest BCUT2D eigenvalue weighted by Gasteiger charge is 2.28. The summed E-state index contributed by atoms with van der Waals surface area (Å²) in [7, 11) is 0. The zero-order valence-corrected chi connectivity index (χ0v) is 16.4. The smallest absolute Gasteiger partial charge is 0.409 e. The monoisotopic (exact) mass is 393 g/mol. The Morgan fingerprint density at radius 1 is 1.21 bits per heavy atom. The normalized spacial score (nSPS) is 14.5. The molecular formula is C20H28FN3O4. The van der Waals surface area contributed by atoms with Gasteiger partial charge in [-0.15, -0.1) is 0 Å². The third-order valence-corrected chi connectivity index (χ3v) is 4.82. The Bertz CT molecular complexity index is 673. The second-order valence-corrected chi connectivity index (χ2v) is 6.78. The van der Waals surface area contributed by atoms with Gasteiger partial charge in [-0.25, -0.2) is 9.18 Å². The molecule has 7 nitrogen and oxygen atoms in total. The minimum atomic E-state index is -0.324. The van der Waals surface area contributed by atoms with Crippen molar-refractivity contribution in [1.29, 1.82) is 0 Å². The summed E-state index contributed by atoms with van der Waals surface area (Å²) >= 11 is 0. The largest absolute Gasteiger partial charge is 0.450 e. The molecule has 1 heterocycles. The van der Waals surface area contributed by atoms with Crippen molar-refractivity contribution in [2.75, 3.05) is 26.2 Å². The van der Waals surface area contributed by atoms with Crippen molar-refractivity contribution in [3.63, 3.8) is 0 Å². The first kappa shape index (κ1) is 21.7. The van der Waals surface area contributed by atoms with Gasteiger partial charge in [-0.3, -0.25) is 9.59 Å². The number of amides is 3. The van der Waals surface area contributed by atoms with Crippen molar-refractivity contribution in [3.05, 3.63) is 35.6 Å². The molecule has 1 aliphatic rings. The van der Waals surface area contributed by atoms with Crippen molar-refractivity contribution in [2.45, 2.75) is 45.7 Å². The molecular weight excluding hydrogens is 365 g/mol. The van der Waals surface area contributed by atoms with Crippen LogP contribution in [0.4, 0.5) is 9.18 Å². The first-order valence-electron chi connectivity index (χ1n) is 9.60. The Balaban J connectivity index is 1.78. The first-order chi connectivity index (χ1) is 13.4. The molecule has 28 heavy (non-hydrogen) atoms. The summed E-state index contributed by atoms with van der Waals surface area (Å²) in [5.41, 5.74) is 0.810. The number of carbonyl (C=O) groups excluding carboxylic acids is 3. The number of ether oxygens (including phenoxy) is 1. The quantitative estimate of drug-likeness (QED) is 0.771. The Morgan fingerprint density at radius 2 is 1.86 bits per heavy atom. The number of benzene rings is 1. The van der Waals surface area contributed by atoms with Crippen LogP contribution in [0, 0.1) is 5.82 Å². The van der Waals surface area contributed by atoms with Crippen LogP contribution in [0.15, 0.2) is 24.3 Å². The summed E-state index contributed by atoms with van der Waals surface area (Å²) in [6.45, 7) is 5.31. The molecule has 1 aromatic carbocycles. The van der Waals surface area contributed by atoms with Gasteiger partial charge in [-0.1, -0.05) is 12.1 Å². The van der Waals surface area contributed by atoms with Crippen molar-refractivity contribution in [1.82, 2.24) is 15.1 Å². The van der Waals surface area contributed by atoms with E-state index in [2.05, 4.69) is 5.32 Å². The minimum absolute atomic E-state index is 0.00748. The van der Waals surface area contributed by atoms with Crippen LogP contribution in [-0.2, 0) is 20.9 Å². The highest BCUT2D eigenvalue weighted by Crippen LogP contribution is 2.18. The van der Waals surface area contributed by atoms with Crippen LogP contribution in [0.1, 0.15) is 38.7 Å². The molecule has 0 atom stereocenters. The highest BCUT2D eigenvalue weighted by molar-refractivity contribution is 5.78. The van der Waals surface area contributed by atoms with Gasteiger partial charge in [0.05, 0.1) is 6.61 Å². The molecule has 0 saturated carbocycles. The molecule has 1 fully saturated rings. The lowest BCUT2D eigenvalue weighted by Crippen LogP contribution is -2.49. The van der Waals surface area contributed by atoms with Crippen molar-refractivity contribution < 1.29 is 23.5 Å².